The molecule has 0 saturated carbocycles. The van der Waals surface area contributed by atoms with Gasteiger partial charge in [-0.3, -0.25) is 0 Å². The van der Waals surface area contributed by atoms with Gasteiger partial charge in [-0.05, 0) is 106 Å². The van der Waals surface area contributed by atoms with E-state index in [1.165, 1.54) is 0 Å². The van der Waals surface area contributed by atoms with Crippen LogP contribution in [0.25, 0.3) is 22.3 Å². The van der Waals surface area contributed by atoms with Crippen LogP contribution in [0.15, 0.2) is 146 Å². The molecule has 0 spiro atoms. The highest BCUT2D eigenvalue weighted by atomic mass is 16.5. The second-order valence-corrected chi connectivity index (χ2v) is 11.7. The quantitative estimate of drug-likeness (QED) is 0.158. The number of rotatable bonds is 10. The average molecular weight is 621 g/mol. The summed E-state index contributed by atoms with van der Waals surface area (Å²) < 4.78 is 12.2. The number of ether oxygens (including phenoxy) is 2. The third kappa shape index (κ3) is 7.08. The lowest BCUT2D eigenvalue weighted by molar-refractivity contribution is 0.0686. The van der Waals surface area contributed by atoms with Crippen LogP contribution >= 0.6 is 0 Å². The fraction of sp³-hybridized carbons (Fsp3) is 0.0732. The maximum Gasteiger partial charge on any atom is 0.335 e. The highest BCUT2D eigenvalue weighted by molar-refractivity contribution is 5.89. The van der Waals surface area contributed by atoms with Gasteiger partial charge in [0.2, 0.25) is 0 Å². The molecule has 6 heteroatoms. The van der Waals surface area contributed by atoms with E-state index in [9.17, 15) is 9.59 Å². The van der Waals surface area contributed by atoms with Crippen molar-refractivity contribution in [2.75, 3.05) is 0 Å². The second-order valence-electron chi connectivity index (χ2n) is 11.7. The van der Waals surface area contributed by atoms with Crippen LogP contribution in [0, 0.1) is 0 Å². The van der Waals surface area contributed by atoms with Crippen LogP contribution < -0.4 is 9.47 Å². The number of carboxylic acids is 2. The van der Waals surface area contributed by atoms with E-state index < -0.39 is 11.9 Å². The number of benzene rings is 6. The minimum absolute atomic E-state index is 0.257. The lowest BCUT2D eigenvalue weighted by atomic mass is 9.78. The molecule has 6 nitrogen and oxygen atoms in total. The molecule has 6 aromatic carbocycles. The molecular formula is C41H32O6. The van der Waals surface area contributed by atoms with E-state index in [0.29, 0.717) is 11.5 Å². The molecule has 2 N–H and O–H groups in total. The van der Waals surface area contributed by atoms with E-state index >= 15 is 0 Å². The summed E-state index contributed by atoms with van der Waals surface area (Å²) in [6.45, 7) is 4.37. The van der Waals surface area contributed by atoms with Gasteiger partial charge >= 0.3 is 11.9 Å². The van der Waals surface area contributed by atoms with Gasteiger partial charge in [-0.25, -0.2) is 9.59 Å². The molecule has 0 aliphatic carbocycles. The number of aromatic carboxylic acids is 2. The Morgan fingerprint density at radius 2 is 0.638 bits per heavy atom. The maximum absolute atomic E-state index is 11.1. The zero-order valence-electron chi connectivity index (χ0n) is 25.9. The van der Waals surface area contributed by atoms with Gasteiger partial charge in [-0.1, -0.05) is 86.6 Å². The van der Waals surface area contributed by atoms with Crippen molar-refractivity contribution in [3.8, 4) is 45.3 Å². The van der Waals surface area contributed by atoms with E-state index in [1.807, 2.05) is 72.8 Å². The van der Waals surface area contributed by atoms with Crippen LogP contribution in [0.4, 0.5) is 0 Å². The van der Waals surface area contributed by atoms with Crippen molar-refractivity contribution in [1.82, 2.24) is 0 Å². The molecule has 0 unspecified atom stereocenters. The molecule has 0 aliphatic rings. The highest BCUT2D eigenvalue weighted by Gasteiger charge is 2.23. The number of hydrogen-bond donors (Lipinski definition) is 2. The third-order valence-corrected chi connectivity index (χ3v) is 8.26. The number of carbonyl (C=O) groups is 2. The summed E-state index contributed by atoms with van der Waals surface area (Å²) in [5, 5.41) is 18.2. The summed E-state index contributed by atoms with van der Waals surface area (Å²) in [6.07, 6.45) is 0. The lowest BCUT2D eigenvalue weighted by Crippen LogP contribution is -2.18. The van der Waals surface area contributed by atoms with Crippen molar-refractivity contribution in [3.63, 3.8) is 0 Å². The van der Waals surface area contributed by atoms with Gasteiger partial charge in [-0.15, -0.1) is 0 Å². The van der Waals surface area contributed by atoms with Gasteiger partial charge in [0, 0.05) is 5.41 Å². The van der Waals surface area contributed by atoms with E-state index in [1.54, 1.807) is 48.5 Å². The van der Waals surface area contributed by atoms with E-state index in [-0.39, 0.29) is 16.5 Å². The van der Waals surface area contributed by atoms with Crippen LogP contribution in [0.3, 0.4) is 0 Å². The second kappa shape index (κ2) is 13.1. The van der Waals surface area contributed by atoms with Crippen LogP contribution in [-0.4, -0.2) is 22.2 Å². The standard InChI is InChI=1S/C41H32O6/c1-41(2,33-15-23-37(24-16-33)46-35-19-11-29(12-20-35)27-3-7-31(8-4-27)39(42)43)34-17-25-38(26-18-34)47-36-21-13-30(14-22-36)28-5-9-32(10-6-28)40(44)45/h3-26H,1-2H3,(H,42,43)(H,44,45). The first-order valence-electron chi connectivity index (χ1n) is 15.1. The molecule has 232 valence electrons. The largest absolute Gasteiger partial charge is 0.478 e. The normalized spacial score (nSPS) is 11.1. The molecule has 0 aromatic heterocycles. The van der Waals surface area contributed by atoms with Crippen LogP contribution in [0.2, 0.25) is 0 Å². The van der Waals surface area contributed by atoms with Crippen molar-refractivity contribution in [2.24, 2.45) is 0 Å². The van der Waals surface area contributed by atoms with E-state index in [4.69, 9.17) is 19.7 Å². The van der Waals surface area contributed by atoms with Gasteiger partial charge in [0.25, 0.3) is 0 Å². The molecule has 0 radical (unpaired) electrons. The third-order valence-electron chi connectivity index (χ3n) is 8.26. The Bertz CT molecular complexity index is 1840. The average Bonchev–Trinajstić information content (AvgIpc) is 3.09. The first-order chi connectivity index (χ1) is 22.7. The number of carboxylic acid groups (broad SMARTS) is 2. The topological polar surface area (TPSA) is 93.1 Å². The molecule has 47 heavy (non-hydrogen) atoms. The Labute approximate surface area is 273 Å². The van der Waals surface area contributed by atoms with Gasteiger partial charge in [0.05, 0.1) is 11.1 Å². The Kier molecular flexibility index (Phi) is 8.58. The predicted molar refractivity (Wildman–Crippen MR) is 183 cm³/mol. The SMILES string of the molecule is CC(C)(c1ccc(Oc2ccc(-c3ccc(C(=O)O)cc3)cc2)cc1)c1ccc(Oc2ccc(-c3ccc(C(=O)O)cc3)cc2)cc1. The van der Waals surface area contributed by atoms with Gasteiger partial charge in [0.1, 0.15) is 23.0 Å². The maximum atomic E-state index is 11.1. The Morgan fingerprint density at radius 3 is 0.894 bits per heavy atom. The monoisotopic (exact) mass is 620 g/mol. The van der Waals surface area contributed by atoms with E-state index in [0.717, 1.165) is 44.9 Å². The number of hydrogen-bond acceptors (Lipinski definition) is 4. The summed E-state index contributed by atoms with van der Waals surface area (Å²) in [6, 6.07) is 45.2. The van der Waals surface area contributed by atoms with Crippen molar-refractivity contribution in [2.45, 2.75) is 19.3 Å². The predicted octanol–water partition coefficient (Wildman–Crippen LogP) is 10.3. The minimum atomic E-state index is -0.942. The summed E-state index contributed by atoms with van der Waals surface area (Å²) in [5.74, 6) is 1.00. The molecular weight excluding hydrogens is 588 g/mol. The zero-order chi connectivity index (χ0) is 33.0. The van der Waals surface area contributed by atoms with Gasteiger partial charge < -0.3 is 19.7 Å². The van der Waals surface area contributed by atoms with E-state index in [2.05, 4.69) is 38.1 Å². The van der Waals surface area contributed by atoms with Gasteiger partial charge in [0.15, 0.2) is 0 Å². The van der Waals surface area contributed by atoms with Crippen LogP contribution in [0.5, 0.6) is 23.0 Å². The highest BCUT2D eigenvalue weighted by Crippen LogP contribution is 2.35. The lowest BCUT2D eigenvalue weighted by Gasteiger charge is -2.26. The first kappa shape index (κ1) is 30.9. The summed E-state index contributed by atoms with van der Waals surface area (Å²) in [7, 11) is 0. The van der Waals surface area contributed by atoms with Crippen molar-refractivity contribution < 1.29 is 29.3 Å². The minimum Gasteiger partial charge on any atom is -0.478 e. The fourth-order valence-electron chi connectivity index (χ4n) is 5.36. The Balaban J connectivity index is 1.07. The summed E-state index contributed by atoms with van der Waals surface area (Å²) in [5.41, 5.74) is 6.37. The molecule has 0 fully saturated rings. The smallest absolute Gasteiger partial charge is 0.335 e. The van der Waals surface area contributed by atoms with Crippen molar-refractivity contribution in [3.05, 3.63) is 168 Å². The first-order valence-corrected chi connectivity index (χ1v) is 15.1. The van der Waals surface area contributed by atoms with Crippen molar-refractivity contribution in [1.29, 1.82) is 0 Å². The zero-order valence-corrected chi connectivity index (χ0v) is 25.9. The van der Waals surface area contributed by atoms with Crippen LogP contribution in [0.1, 0.15) is 45.7 Å². The Hall–Kier alpha value is -6.14. The summed E-state index contributed by atoms with van der Waals surface area (Å²) >= 11 is 0. The molecule has 0 amide bonds. The molecule has 0 saturated heterocycles. The van der Waals surface area contributed by atoms with Crippen molar-refractivity contribution >= 4 is 11.9 Å². The molecule has 0 aliphatic heterocycles. The molecule has 0 heterocycles. The molecule has 0 atom stereocenters. The van der Waals surface area contributed by atoms with Crippen LogP contribution in [-0.2, 0) is 5.41 Å². The Morgan fingerprint density at radius 1 is 0.404 bits per heavy atom. The van der Waals surface area contributed by atoms with Gasteiger partial charge in [-0.2, -0.15) is 0 Å². The molecule has 0 bridgehead atoms. The molecule has 6 rings (SSSR count). The fourth-order valence-corrected chi connectivity index (χ4v) is 5.36. The molecule has 6 aromatic rings. The summed E-state index contributed by atoms with van der Waals surface area (Å²) in [4.78, 5) is 22.2.